The molecule has 0 bridgehead atoms. The molecule has 1 heterocycles. The summed E-state index contributed by atoms with van der Waals surface area (Å²) in [4.78, 5) is 15.2. The number of thioether (sulfide) groups is 1. The Balaban J connectivity index is 2.89. The van der Waals surface area contributed by atoms with Gasteiger partial charge in [0.25, 0.3) is 0 Å². The number of aromatic nitrogens is 1. The first-order valence-electron chi connectivity index (χ1n) is 4.54. The molecular formula is C10H13NO3S. The molecule has 0 aliphatic heterocycles. The van der Waals surface area contributed by atoms with Crippen molar-refractivity contribution in [3.8, 4) is 0 Å². The minimum Gasteiger partial charge on any atom is -0.478 e. The lowest BCUT2D eigenvalue weighted by Gasteiger charge is -2.14. The van der Waals surface area contributed by atoms with Gasteiger partial charge >= 0.3 is 5.97 Å². The van der Waals surface area contributed by atoms with E-state index in [1.165, 1.54) is 18.0 Å². The molecule has 0 aliphatic rings. The van der Waals surface area contributed by atoms with Crippen molar-refractivity contribution >= 4 is 17.7 Å². The molecule has 5 heteroatoms. The second-order valence-electron chi connectivity index (χ2n) is 3.24. The van der Waals surface area contributed by atoms with Gasteiger partial charge in [-0.15, -0.1) is 11.8 Å². The third-order valence-corrected chi connectivity index (χ3v) is 3.38. The molecular weight excluding hydrogens is 214 g/mol. The van der Waals surface area contributed by atoms with Gasteiger partial charge in [0.05, 0.1) is 11.7 Å². The lowest BCUT2D eigenvalue weighted by Crippen LogP contribution is -2.15. The minimum atomic E-state index is -0.997. The molecule has 4 nitrogen and oxygen atoms in total. The van der Waals surface area contributed by atoms with Crippen molar-refractivity contribution < 1.29 is 15.0 Å². The van der Waals surface area contributed by atoms with E-state index in [4.69, 9.17) is 5.11 Å². The van der Waals surface area contributed by atoms with Crippen LogP contribution in [0.2, 0.25) is 0 Å². The van der Waals surface area contributed by atoms with Crippen molar-refractivity contribution in [1.29, 1.82) is 0 Å². The van der Waals surface area contributed by atoms with Crippen LogP contribution in [0.3, 0.4) is 0 Å². The Morgan fingerprint density at radius 3 is 2.73 bits per heavy atom. The van der Waals surface area contributed by atoms with Crippen molar-refractivity contribution in [3.63, 3.8) is 0 Å². The van der Waals surface area contributed by atoms with E-state index < -0.39 is 12.1 Å². The number of aromatic carboxylic acids is 1. The summed E-state index contributed by atoms with van der Waals surface area (Å²) in [6, 6.07) is 1.65. The summed E-state index contributed by atoms with van der Waals surface area (Å²) in [7, 11) is 0. The molecule has 1 aromatic rings. The fraction of sp³-hybridized carbons (Fsp3) is 0.400. The van der Waals surface area contributed by atoms with Gasteiger partial charge in [-0.3, -0.25) is 4.98 Å². The number of carbonyl (C=O) groups is 1. The highest BCUT2D eigenvalue weighted by Gasteiger charge is 2.15. The first kappa shape index (κ1) is 12.0. The van der Waals surface area contributed by atoms with E-state index in [1.807, 2.05) is 6.92 Å². The average Bonchev–Trinajstić information content (AvgIpc) is 2.18. The van der Waals surface area contributed by atoms with Crippen LogP contribution in [0.5, 0.6) is 0 Å². The van der Waals surface area contributed by atoms with E-state index in [0.717, 1.165) is 0 Å². The molecule has 15 heavy (non-hydrogen) atoms. The van der Waals surface area contributed by atoms with Crippen LogP contribution in [-0.4, -0.2) is 32.5 Å². The number of aliphatic hydroxyl groups excluding tert-OH is 1. The minimum absolute atomic E-state index is 0.0505. The predicted molar refractivity (Wildman–Crippen MR) is 58.2 cm³/mol. The smallest absolute Gasteiger partial charge is 0.338 e. The number of carboxylic acid groups (broad SMARTS) is 1. The molecule has 82 valence electrons. The molecule has 1 aromatic heterocycles. The van der Waals surface area contributed by atoms with E-state index in [9.17, 15) is 9.90 Å². The Morgan fingerprint density at radius 2 is 2.20 bits per heavy atom. The highest BCUT2D eigenvalue weighted by molar-refractivity contribution is 8.00. The fourth-order valence-electron chi connectivity index (χ4n) is 0.944. The fourth-order valence-corrected chi connectivity index (χ4v) is 1.95. The number of hydrogen-bond donors (Lipinski definition) is 2. The first-order valence-corrected chi connectivity index (χ1v) is 5.42. The maximum absolute atomic E-state index is 10.9. The molecule has 0 fully saturated rings. The summed E-state index contributed by atoms with van der Waals surface area (Å²) >= 11 is 1.34. The van der Waals surface area contributed by atoms with Gasteiger partial charge in [-0.25, -0.2) is 4.79 Å². The van der Waals surface area contributed by atoms with Gasteiger partial charge in [0.2, 0.25) is 0 Å². The summed E-state index contributed by atoms with van der Waals surface area (Å²) in [6.07, 6.45) is 2.38. The van der Waals surface area contributed by atoms with Crippen LogP contribution in [-0.2, 0) is 0 Å². The SMILES string of the molecule is CC(O)C(C)Sc1ccncc1C(=O)O. The van der Waals surface area contributed by atoms with Crippen LogP contribution in [0, 0.1) is 0 Å². The number of rotatable bonds is 4. The molecule has 2 unspecified atom stereocenters. The van der Waals surface area contributed by atoms with Gasteiger partial charge < -0.3 is 10.2 Å². The van der Waals surface area contributed by atoms with Crippen molar-refractivity contribution in [3.05, 3.63) is 24.0 Å². The number of pyridine rings is 1. The Bertz CT molecular complexity index is 354. The summed E-state index contributed by atoms with van der Waals surface area (Å²) in [5, 5.41) is 18.2. The second kappa shape index (κ2) is 5.14. The summed E-state index contributed by atoms with van der Waals surface area (Å²) < 4.78 is 0. The highest BCUT2D eigenvalue weighted by Crippen LogP contribution is 2.27. The Labute approximate surface area is 92.3 Å². The number of hydrogen-bond acceptors (Lipinski definition) is 4. The topological polar surface area (TPSA) is 70.4 Å². The number of aliphatic hydroxyl groups is 1. The van der Waals surface area contributed by atoms with Crippen LogP contribution in [0.15, 0.2) is 23.4 Å². The Kier molecular flexibility index (Phi) is 4.11. The van der Waals surface area contributed by atoms with E-state index in [-0.39, 0.29) is 10.8 Å². The van der Waals surface area contributed by atoms with Gasteiger partial charge in [-0.2, -0.15) is 0 Å². The number of nitrogens with zero attached hydrogens (tertiary/aromatic N) is 1. The molecule has 2 atom stereocenters. The van der Waals surface area contributed by atoms with E-state index in [0.29, 0.717) is 4.90 Å². The molecule has 0 spiro atoms. The van der Waals surface area contributed by atoms with E-state index >= 15 is 0 Å². The van der Waals surface area contributed by atoms with Crippen LogP contribution < -0.4 is 0 Å². The lowest BCUT2D eigenvalue weighted by atomic mass is 10.3. The second-order valence-corrected chi connectivity index (χ2v) is 4.66. The average molecular weight is 227 g/mol. The first-order chi connectivity index (χ1) is 7.02. The molecule has 0 amide bonds. The molecule has 2 N–H and O–H groups in total. The van der Waals surface area contributed by atoms with Crippen LogP contribution in [0.25, 0.3) is 0 Å². The largest absolute Gasteiger partial charge is 0.478 e. The maximum atomic E-state index is 10.9. The molecule has 0 saturated carbocycles. The Morgan fingerprint density at radius 1 is 1.53 bits per heavy atom. The van der Waals surface area contributed by atoms with Crippen LogP contribution >= 0.6 is 11.8 Å². The molecule has 1 rings (SSSR count). The standard InChI is InChI=1S/C10H13NO3S/c1-6(12)7(2)15-9-3-4-11-5-8(9)10(13)14/h3-7,12H,1-2H3,(H,13,14). The van der Waals surface area contributed by atoms with Crippen molar-refractivity contribution in [2.45, 2.75) is 30.1 Å². The normalized spacial score (nSPS) is 14.6. The maximum Gasteiger partial charge on any atom is 0.338 e. The third-order valence-electron chi connectivity index (χ3n) is 2.00. The quantitative estimate of drug-likeness (QED) is 0.765. The lowest BCUT2D eigenvalue weighted by molar-refractivity contribution is 0.0692. The monoisotopic (exact) mass is 227 g/mol. The van der Waals surface area contributed by atoms with Crippen molar-refractivity contribution in [2.24, 2.45) is 0 Å². The van der Waals surface area contributed by atoms with Gasteiger partial charge in [-0.05, 0) is 13.0 Å². The zero-order chi connectivity index (χ0) is 11.4. The highest BCUT2D eigenvalue weighted by atomic mass is 32.2. The summed E-state index contributed by atoms with van der Waals surface area (Å²) in [6.45, 7) is 3.53. The van der Waals surface area contributed by atoms with Crippen molar-refractivity contribution in [1.82, 2.24) is 4.98 Å². The van der Waals surface area contributed by atoms with Crippen LogP contribution in [0.4, 0.5) is 0 Å². The zero-order valence-electron chi connectivity index (χ0n) is 8.54. The summed E-state index contributed by atoms with van der Waals surface area (Å²) in [5.41, 5.74) is 0.176. The summed E-state index contributed by atoms with van der Waals surface area (Å²) in [5.74, 6) is -0.997. The molecule has 0 saturated heterocycles. The predicted octanol–water partition coefficient (Wildman–Crippen LogP) is 1.64. The van der Waals surface area contributed by atoms with E-state index in [1.54, 1.807) is 19.2 Å². The van der Waals surface area contributed by atoms with Gasteiger partial charge in [0.1, 0.15) is 0 Å². The molecule has 0 radical (unpaired) electrons. The van der Waals surface area contributed by atoms with Gasteiger partial charge in [0, 0.05) is 22.5 Å². The van der Waals surface area contributed by atoms with Crippen molar-refractivity contribution in [2.75, 3.05) is 0 Å². The Hall–Kier alpha value is -1.07. The third kappa shape index (κ3) is 3.21. The number of carboxylic acids is 1. The van der Waals surface area contributed by atoms with Gasteiger partial charge in [0.15, 0.2) is 0 Å². The van der Waals surface area contributed by atoms with Crippen LogP contribution in [0.1, 0.15) is 24.2 Å². The molecule has 0 aromatic carbocycles. The molecule has 0 aliphatic carbocycles. The zero-order valence-corrected chi connectivity index (χ0v) is 9.36. The van der Waals surface area contributed by atoms with Gasteiger partial charge in [-0.1, -0.05) is 6.92 Å². The van der Waals surface area contributed by atoms with E-state index in [2.05, 4.69) is 4.98 Å².